The standard InChI is InChI=1S/C29H28O6/c1-17-25(32-2)20-15-10-14-19(20)23(27(30)33-3)24(28(31)34-4)29(18-11-6-5-7-12-18)22-16-9-8-13-21(22)26(17)35-29/h5-9,11-13,16,19H,10,14-15H2,1-4H3. The van der Waals surface area contributed by atoms with Crippen LogP contribution in [0.4, 0.5) is 0 Å². The number of hydrogen-bond acceptors (Lipinski definition) is 6. The lowest BCUT2D eigenvalue weighted by Gasteiger charge is -2.34. The fraction of sp³-hybridized carbons (Fsp3) is 0.310. The molecule has 2 bridgehead atoms. The zero-order valence-corrected chi connectivity index (χ0v) is 20.3. The summed E-state index contributed by atoms with van der Waals surface area (Å²) in [5.41, 5.74) is 3.13. The average molecular weight is 473 g/mol. The van der Waals surface area contributed by atoms with E-state index in [9.17, 15) is 9.59 Å². The van der Waals surface area contributed by atoms with Crippen molar-refractivity contribution in [3.8, 4) is 0 Å². The molecule has 2 aromatic carbocycles. The van der Waals surface area contributed by atoms with Crippen molar-refractivity contribution in [2.75, 3.05) is 21.3 Å². The summed E-state index contributed by atoms with van der Waals surface area (Å²) >= 11 is 0. The van der Waals surface area contributed by atoms with E-state index in [0.717, 1.165) is 40.7 Å². The molecular formula is C29H28O6. The van der Waals surface area contributed by atoms with Gasteiger partial charge >= 0.3 is 11.9 Å². The SMILES string of the molecule is COC(=O)C1=C(C(=O)OC)C2(c3ccccc3)OC(=C(C)C(OC)=C3CCCC31)c1ccccc12. The van der Waals surface area contributed by atoms with Gasteiger partial charge in [-0.1, -0.05) is 54.6 Å². The Morgan fingerprint density at radius 2 is 1.63 bits per heavy atom. The fourth-order valence-corrected chi connectivity index (χ4v) is 5.88. The molecule has 0 saturated heterocycles. The van der Waals surface area contributed by atoms with E-state index in [1.807, 2.05) is 61.5 Å². The Morgan fingerprint density at radius 1 is 0.943 bits per heavy atom. The number of carbonyl (C=O) groups is 2. The Morgan fingerprint density at radius 3 is 2.31 bits per heavy atom. The number of carbonyl (C=O) groups excluding carboxylic acids is 2. The van der Waals surface area contributed by atoms with Gasteiger partial charge in [0, 0.05) is 28.2 Å². The smallest absolute Gasteiger partial charge is 0.339 e. The maximum atomic E-state index is 13.7. The molecule has 5 rings (SSSR count). The topological polar surface area (TPSA) is 71.1 Å². The van der Waals surface area contributed by atoms with E-state index in [0.29, 0.717) is 17.9 Å². The minimum atomic E-state index is -1.40. The molecule has 0 spiro atoms. The van der Waals surface area contributed by atoms with Gasteiger partial charge < -0.3 is 18.9 Å². The van der Waals surface area contributed by atoms with E-state index in [4.69, 9.17) is 18.9 Å². The first-order valence-corrected chi connectivity index (χ1v) is 11.7. The van der Waals surface area contributed by atoms with Crippen molar-refractivity contribution >= 4 is 17.7 Å². The third kappa shape index (κ3) is 3.23. The van der Waals surface area contributed by atoms with Crippen LogP contribution in [0.3, 0.4) is 0 Å². The molecule has 2 aromatic rings. The van der Waals surface area contributed by atoms with Crippen LogP contribution in [0.15, 0.2) is 82.6 Å². The second kappa shape index (κ2) is 8.77. The summed E-state index contributed by atoms with van der Waals surface area (Å²) in [5.74, 6) is -0.261. The first kappa shape index (κ1) is 23.0. The first-order chi connectivity index (χ1) is 17.0. The van der Waals surface area contributed by atoms with E-state index in [1.54, 1.807) is 7.11 Å². The first-order valence-electron chi connectivity index (χ1n) is 11.7. The summed E-state index contributed by atoms with van der Waals surface area (Å²) in [6.45, 7) is 1.97. The van der Waals surface area contributed by atoms with Crippen LogP contribution in [0.1, 0.15) is 42.9 Å². The predicted molar refractivity (Wildman–Crippen MR) is 130 cm³/mol. The van der Waals surface area contributed by atoms with Crippen LogP contribution < -0.4 is 0 Å². The molecule has 2 atom stereocenters. The molecule has 2 unspecified atom stereocenters. The van der Waals surface area contributed by atoms with Gasteiger partial charge in [0.05, 0.1) is 26.9 Å². The number of rotatable bonds is 4. The van der Waals surface area contributed by atoms with Crippen LogP contribution in [0, 0.1) is 5.92 Å². The molecule has 0 N–H and O–H groups in total. The number of ether oxygens (including phenoxy) is 4. The zero-order chi connectivity index (χ0) is 24.7. The summed E-state index contributed by atoms with van der Waals surface area (Å²) in [6, 6.07) is 17.3. The van der Waals surface area contributed by atoms with E-state index in [-0.39, 0.29) is 17.1 Å². The van der Waals surface area contributed by atoms with E-state index in [1.165, 1.54) is 14.2 Å². The van der Waals surface area contributed by atoms with E-state index in [2.05, 4.69) is 0 Å². The van der Waals surface area contributed by atoms with Crippen molar-refractivity contribution in [3.63, 3.8) is 0 Å². The molecule has 3 aliphatic rings. The van der Waals surface area contributed by atoms with Gasteiger partial charge in [0.1, 0.15) is 17.1 Å². The van der Waals surface area contributed by atoms with E-state index < -0.39 is 17.5 Å². The highest BCUT2D eigenvalue weighted by Gasteiger charge is 2.55. The lowest BCUT2D eigenvalue weighted by Crippen LogP contribution is -2.37. The number of benzene rings is 2. The van der Waals surface area contributed by atoms with Crippen molar-refractivity contribution in [1.29, 1.82) is 0 Å². The summed E-state index contributed by atoms with van der Waals surface area (Å²) in [7, 11) is 4.29. The number of methoxy groups -OCH3 is 3. The number of esters is 2. The molecule has 0 amide bonds. The molecule has 35 heavy (non-hydrogen) atoms. The lowest BCUT2D eigenvalue weighted by molar-refractivity contribution is -0.141. The van der Waals surface area contributed by atoms with Crippen LogP contribution in [0.2, 0.25) is 0 Å². The zero-order valence-electron chi connectivity index (χ0n) is 20.3. The van der Waals surface area contributed by atoms with Crippen molar-refractivity contribution in [2.45, 2.75) is 31.8 Å². The highest BCUT2D eigenvalue weighted by Crippen LogP contribution is 2.57. The summed E-state index contributed by atoms with van der Waals surface area (Å²) in [4.78, 5) is 27.3. The quantitative estimate of drug-likeness (QED) is 0.580. The predicted octanol–water partition coefficient (Wildman–Crippen LogP) is 5.05. The molecule has 1 aliphatic carbocycles. The van der Waals surface area contributed by atoms with Crippen LogP contribution in [0.25, 0.3) is 5.76 Å². The van der Waals surface area contributed by atoms with Gasteiger partial charge in [-0.3, -0.25) is 0 Å². The molecule has 2 aliphatic heterocycles. The third-order valence-corrected chi connectivity index (χ3v) is 7.29. The second-order valence-corrected chi connectivity index (χ2v) is 8.92. The highest BCUT2D eigenvalue weighted by molar-refractivity contribution is 6.04. The normalized spacial score (nSPS) is 23.0. The van der Waals surface area contributed by atoms with Crippen LogP contribution in [-0.4, -0.2) is 33.3 Å². The fourth-order valence-electron chi connectivity index (χ4n) is 5.88. The summed E-state index contributed by atoms with van der Waals surface area (Å²) in [5, 5.41) is 0. The van der Waals surface area contributed by atoms with Crippen molar-refractivity contribution in [1.82, 2.24) is 0 Å². The summed E-state index contributed by atoms with van der Waals surface area (Å²) in [6.07, 6.45) is 2.28. The monoisotopic (exact) mass is 472 g/mol. The number of fused-ring (bicyclic) bond motifs is 6. The van der Waals surface area contributed by atoms with Gasteiger partial charge in [0.15, 0.2) is 5.60 Å². The van der Waals surface area contributed by atoms with Gasteiger partial charge in [-0.05, 0) is 31.8 Å². The second-order valence-electron chi connectivity index (χ2n) is 8.92. The molecule has 2 heterocycles. The maximum absolute atomic E-state index is 13.7. The number of allylic oxidation sites excluding steroid dienone is 2. The molecule has 180 valence electrons. The lowest BCUT2D eigenvalue weighted by atomic mass is 9.74. The van der Waals surface area contributed by atoms with Crippen molar-refractivity contribution in [2.24, 2.45) is 5.92 Å². The van der Waals surface area contributed by atoms with Crippen molar-refractivity contribution in [3.05, 3.63) is 99.3 Å². The van der Waals surface area contributed by atoms with Crippen LogP contribution in [-0.2, 0) is 34.1 Å². The molecule has 1 fully saturated rings. The largest absolute Gasteiger partial charge is 0.496 e. The summed E-state index contributed by atoms with van der Waals surface area (Å²) < 4.78 is 23.5. The Balaban J connectivity index is 2.04. The molecule has 6 nitrogen and oxygen atoms in total. The Labute approximate surface area is 204 Å². The molecule has 0 aromatic heterocycles. The van der Waals surface area contributed by atoms with Crippen LogP contribution in [0.5, 0.6) is 0 Å². The Kier molecular flexibility index (Phi) is 5.75. The van der Waals surface area contributed by atoms with Crippen molar-refractivity contribution < 1.29 is 28.5 Å². The Bertz CT molecular complexity index is 1300. The van der Waals surface area contributed by atoms with Gasteiger partial charge in [-0.2, -0.15) is 0 Å². The van der Waals surface area contributed by atoms with Gasteiger partial charge in [-0.15, -0.1) is 0 Å². The highest BCUT2D eigenvalue weighted by atomic mass is 16.5. The van der Waals surface area contributed by atoms with Gasteiger partial charge in [0.2, 0.25) is 0 Å². The Hall–Kier alpha value is -3.80. The van der Waals surface area contributed by atoms with Crippen LogP contribution >= 0.6 is 0 Å². The van der Waals surface area contributed by atoms with Gasteiger partial charge in [0.25, 0.3) is 0 Å². The minimum absolute atomic E-state index is 0.148. The minimum Gasteiger partial charge on any atom is -0.496 e. The number of hydrogen-bond donors (Lipinski definition) is 0. The maximum Gasteiger partial charge on any atom is 0.339 e. The average Bonchev–Trinajstić information content (AvgIpc) is 3.51. The molecule has 1 saturated carbocycles. The molecule has 0 radical (unpaired) electrons. The van der Waals surface area contributed by atoms with E-state index >= 15 is 0 Å². The molecule has 6 heteroatoms. The third-order valence-electron chi connectivity index (χ3n) is 7.29. The van der Waals surface area contributed by atoms with Gasteiger partial charge in [-0.25, -0.2) is 9.59 Å². The molecular weight excluding hydrogens is 444 g/mol.